The molecule has 2 aromatic rings. The molecule has 0 saturated carbocycles. The zero-order valence-electron chi connectivity index (χ0n) is 20.0. The Morgan fingerprint density at radius 3 is 2.25 bits per heavy atom. The van der Waals surface area contributed by atoms with Crippen molar-refractivity contribution in [2.75, 3.05) is 51.7 Å². The Hall–Kier alpha value is -1.87. The van der Waals surface area contributed by atoms with Crippen LogP contribution in [-0.2, 0) is 12.0 Å². The molecule has 32 heavy (non-hydrogen) atoms. The molecule has 0 atom stereocenters. The number of nitrogens with one attached hydrogen (secondary N) is 2. The number of hydrogen-bond acceptors (Lipinski definition) is 4. The predicted molar refractivity (Wildman–Crippen MR) is 146 cm³/mol. The second-order valence-corrected chi connectivity index (χ2v) is 8.45. The van der Waals surface area contributed by atoms with Gasteiger partial charge in [-0.25, -0.2) is 4.98 Å². The van der Waals surface area contributed by atoms with Gasteiger partial charge in [0.15, 0.2) is 5.96 Å². The van der Waals surface area contributed by atoms with Crippen molar-refractivity contribution in [3.8, 4) is 0 Å². The van der Waals surface area contributed by atoms with Crippen molar-refractivity contribution in [3.63, 3.8) is 0 Å². The number of halogens is 1. The van der Waals surface area contributed by atoms with Crippen LogP contribution in [0.3, 0.4) is 0 Å². The quantitative estimate of drug-likeness (QED) is 0.297. The van der Waals surface area contributed by atoms with Gasteiger partial charge in [-0.1, -0.05) is 50.2 Å². The molecule has 1 aliphatic rings. The number of piperazine rings is 1. The van der Waals surface area contributed by atoms with Crippen LogP contribution in [0.1, 0.15) is 37.8 Å². The first kappa shape index (κ1) is 26.4. The Morgan fingerprint density at radius 2 is 1.69 bits per heavy atom. The van der Waals surface area contributed by atoms with Crippen LogP contribution in [0.15, 0.2) is 53.7 Å². The fourth-order valence-electron chi connectivity index (χ4n) is 4.21. The maximum atomic E-state index is 4.69. The van der Waals surface area contributed by atoms with E-state index < -0.39 is 0 Å². The molecule has 1 aromatic heterocycles. The van der Waals surface area contributed by atoms with Crippen molar-refractivity contribution >= 4 is 35.8 Å². The summed E-state index contributed by atoms with van der Waals surface area (Å²) in [6.07, 6.45) is 4.13. The molecule has 0 bridgehead atoms. The van der Waals surface area contributed by atoms with Crippen LogP contribution in [-0.4, -0.2) is 62.7 Å². The monoisotopic (exact) mass is 550 g/mol. The highest BCUT2D eigenvalue weighted by Gasteiger charge is 2.28. The summed E-state index contributed by atoms with van der Waals surface area (Å²) in [7, 11) is 4.00. The standard InChI is InChI=1S/C25H38N6.HI/c1-5-25(6-2,22-10-8-7-9-11-22)20-29-24(26-3)28-19-21-12-13-23(27-18-21)31-16-14-30(4)15-17-31;/h7-13,18H,5-6,14-17,19-20H2,1-4H3,(H2,26,28,29);1H. The summed E-state index contributed by atoms with van der Waals surface area (Å²) in [5.41, 5.74) is 2.64. The zero-order chi connectivity index (χ0) is 22.1. The number of pyridine rings is 1. The molecule has 0 amide bonds. The molecule has 7 heteroatoms. The van der Waals surface area contributed by atoms with Gasteiger partial charge in [-0.2, -0.15) is 0 Å². The minimum absolute atomic E-state index is 0. The first-order valence-electron chi connectivity index (χ1n) is 11.5. The van der Waals surface area contributed by atoms with E-state index in [4.69, 9.17) is 0 Å². The third-order valence-corrected chi connectivity index (χ3v) is 6.65. The summed E-state index contributed by atoms with van der Waals surface area (Å²) in [5, 5.41) is 7.00. The van der Waals surface area contributed by atoms with Crippen molar-refractivity contribution in [1.82, 2.24) is 20.5 Å². The van der Waals surface area contributed by atoms with Crippen LogP contribution >= 0.6 is 24.0 Å². The number of guanidine groups is 1. The molecule has 3 rings (SSSR count). The summed E-state index contributed by atoms with van der Waals surface area (Å²) in [6, 6.07) is 15.1. The third-order valence-electron chi connectivity index (χ3n) is 6.65. The topological polar surface area (TPSA) is 55.8 Å². The predicted octanol–water partition coefficient (Wildman–Crippen LogP) is 3.87. The number of hydrogen-bond donors (Lipinski definition) is 2. The summed E-state index contributed by atoms with van der Waals surface area (Å²) in [5.74, 6) is 1.89. The van der Waals surface area contributed by atoms with Gasteiger partial charge >= 0.3 is 0 Å². The molecule has 1 fully saturated rings. The molecule has 176 valence electrons. The van der Waals surface area contributed by atoms with Gasteiger partial charge < -0.3 is 20.4 Å². The number of aromatic nitrogens is 1. The summed E-state index contributed by atoms with van der Waals surface area (Å²) < 4.78 is 0. The highest BCUT2D eigenvalue weighted by Crippen LogP contribution is 2.30. The van der Waals surface area contributed by atoms with Crippen molar-refractivity contribution in [1.29, 1.82) is 0 Å². The largest absolute Gasteiger partial charge is 0.356 e. The number of rotatable bonds is 8. The smallest absolute Gasteiger partial charge is 0.191 e. The SMILES string of the molecule is CCC(CC)(CNC(=NC)NCc1ccc(N2CCN(C)CC2)nc1)c1ccccc1.I. The molecular formula is C25H39IN6. The number of benzene rings is 1. The molecule has 1 saturated heterocycles. The summed E-state index contributed by atoms with van der Waals surface area (Å²) in [6.45, 7) is 10.3. The van der Waals surface area contributed by atoms with Gasteiger partial charge in [0, 0.05) is 57.9 Å². The van der Waals surface area contributed by atoms with Gasteiger partial charge in [0.05, 0.1) is 0 Å². The van der Waals surface area contributed by atoms with E-state index in [9.17, 15) is 0 Å². The normalized spacial score (nSPS) is 15.2. The first-order chi connectivity index (χ1) is 15.1. The average molecular weight is 551 g/mol. The van der Waals surface area contributed by atoms with Crippen LogP contribution < -0.4 is 15.5 Å². The fourth-order valence-corrected chi connectivity index (χ4v) is 4.21. The lowest BCUT2D eigenvalue weighted by Gasteiger charge is -2.33. The molecule has 6 nitrogen and oxygen atoms in total. The van der Waals surface area contributed by atoms with E-state index in [2.05, 4.69) is 93.8 Å². The van der Waals surface area contributed by atoms with E-state index in [-0.39, 0.29) is 29.4 Å². The van der Waals surface area contributed by atoms with Gasteiger partial charge in [-0.05, 0) is 37.1 Å². The van der Waals surface area contributed by atoms with Gasteiger partial charge in [0.1, 0.15) is 5.82 Å². The van der Waals surface area contributed by atoms with Crippen LogP contribution in [0.25, 0.3) is 0 Å². The van der Waals surface area contributed by atoms with Crippen molar-refractivity contribution in [2.45, 2.75) is 38.6 Å². The highest BCUT2D eigenvalue weighted by molar-refractivity contribution is 14.0. The second-order valence-electron chi connectivity index (χ2n) is 8.45. The first-order valence-corrected chi connectivity index (χ1v) is 11.5. The average Bonchev–Trinajstić information content (AvgIpc) is 2.83. The molecule has 0 aliphatic carbocycles. The van der Waals surface area contributed by atoms with Crippen LogP contribution in [0.2, 0.25) is 0 Å². The Bertz CT molecular complexity index is 812. The maximum absolute atomic E-state index is 4.69. The van der Waals surface area contributed by atoms with Crippen molar-refractivity contribution < 1.29 is 0 Å². The van der Waals surface area contributed by atoms with Gasteiger partial charge in [0.25, 0.3) is 0 Å². The third kappa shape index (κ3) is 6.81. The molecule has 0 spiro atoms. The van der Waals surface area contributed by atoms with E-state index in [1.165, 1.54) is 5.56 Å². The van der Waals surface area contributed by atoms with E-state index >= 15 is 0 Å². The van der Waals surface area contributed by atoms with E-state index in [0.29, 0.717) is 6.54 Å². The molecule has 1 aromatic carbocycles. The highest BCUT2D eigenvalue weighted by atomic mass is 127. The number of nitrogens with zero attached hydrogens (tertiary/aromatic N) is 4. The molecular weight excluding hydrogens is 511 g/mol. The van der Waals surface area contributed by atoms with E-state index in [1.807, 2.05) is 13.2 Å². The fraction of sp³-hybridized carbons (Fsp3) is 0.520. The minimum atomic E-state index is 0. The molecule has 0 unspecified atom stereocenters. The number of likely N-dealkylation sites (N-methyl/N-ethyl adjacent to an activating group) is 1. The van der Waals surface area contributed by atoms with Gasteiger partial charge in [0.2, 0.25) is 0 Å². The molecule has 1 aliphatic heterocycles. The lowest BCUT2D eigenvalue weighted by molar-refractivity contribution is 0.312. The van der Waals surface area contributed by atoms with Gasteiger partial charge in [-0.15, -0.1) is 24.0 Å². The summed E-state index contributed by atoms with van der Waals surface area (Å²) in [4.78, 5) is 13.8. The lowest BCUT2D eigenvalue weighted by atomic mass is 9.76. The van der Waals surface area contributed by atoms with Crippen LogP contribution in [0, 0.1) is 0 Å². The Balaban J connectivity index is 0.00000363. The van der Waals surface area contributed by atoms with E-state index in [0.717, 1.165) is 62.9 Å². The maximum Gasteiger partial charge on any atom is 0.191 e. The summed E-state index contributed by atoms with van der Waals surface area (Å²) >= 11 is 0. The van der Waals surface area contributed by atoms with Crippen LogP contribution in [0.4, 0.5) is 5.82 Å². The Morgan fingerprint density at radius 1 is 1.00 bits per heavy atom. The zero-order valence-corrected chi connectivity index (χ0v) is 22.3. The van der Waals surface area contributed by atoms with Crippen molar-refractivity contribution in [3.05, 3.63) is 59.8 Å². The Kier molecular flexibility index (Phi) is 10.7. The lowest BCUT2D eigenvalue weighted by Crippen LogP contribution is -2.45. The van der Waals surface area contributed by atoms with E-state index in [1.54, 1.807) is 0 Å². The molecule has 2 heterocycles. The minimum Gasteiger partial charge on any atom is -0.356 e. The van der Waals surface area contributed by atoms with Crippen LogP contribution in [0.5, 0.6) is 0 Å². The second kappa shape index (κ2) is 13.0. The number of anilines is 1. The Labute approximate surface area is 210 Å². The molecule has 0 radical (unpaired) electrons. The van der Waals surface area contributed by atoms with Crippen molar-refractivity contribution in [2.24, 2.45) is 4.99 Å². The van der Waals surface area contributed by atoms with Gasteiger partial charge in [-0.3, -0.25) is 4.99 Å². The molecule has 2 N–H and O–H groups in total. The number of aliphatic imine (C=N–C) groups is 1.